The third kappa shape index (κ3) is 2.49. The molecule has 5 heteroatoms. The number of aromatic nitrogens is 1. The molecular formula is C14H14N2O3. The number of methoxy groups -OCH3 is 2. The fraction of sp³-hybridized carbons (Fsp3) is 0.143. The van der Waals surface area contributed by atoms with Crippen molar-refractivity contribution in [3.05, 3.63) is 42.2 Å². The van der Waals surface area contributed by atoms with Gasteiger partial charge in [0, 0.05) is 18.0 Å². The number of hydrogen-bond donors (Lipinski definition) is 1. The van der Waals surface area contributed by atoms with E-state index in [1.165, 1.54) is 14.2 Å². The second kappa shape index (κ2) is 5.39. The monoisotopic (exact) mass is 258 g/mol. The summed E-state index contributed by atoms with van der Waals surface area (Å²) in [5.41, 5.74) is 7.23. The van der Waals surface area contributed by atoms with Crippen molar-refractivity contribution >= 4 is 5.91 Å². The zero-order valence-corrected chi connectivity index (χ0v) is 10.7. The Morgan fingerprint density at radius 1 is 1.21 bits per heavy atom. The Morgan fingerprint density at radius 2 is 1.89 bits per heavy atom. The van der Waals surface area contributed by atoms with Gasteiger partial charge in [-0.1, -0.05) is 6.07 Å². The van der Waals surface area contributed by atoms with E-state index in [9.17, 15) is 4.79 Å². The van der Waals surface area contributed by atoms with Crippen molar-refractivity contribution in [2.75, 3.05) is 14.2 Å². The second-order valence-electron chi connectivity index (χ2n) is 3.86. The van der Waals surface area contributed by atoms with Gasteiger partial charge in [0.2, 0.25) is 5.91 Å². The molecule has 0 bridgehead atoms. The maximum absolute atomic E-state index is 11.6. The van der Waals surface area contributed by atoms with Crippen LogP contribution in [0.25, 0.3) is 11.1 Å². The van der Waals surface area contributed by atoms with Crippen LogP contribution in [0.4, 0.5) is 0 Å². The van der Waals surface area contributed by atoms with Crippen molar-refractivity contribution in [2.24, 2.45) is 5.73 Å². The van der Waals surface area contributed by atoms with Gasteiger partial charge in [-0.25, -0.2) is 0 Å². The first-order valence-electron chi connectivity index (χ1n) is 5.63. The molecule has 1 aromatic carbocycles. The van der Waals surface area contributed by atoms with E-state index in [1.807, 2.05) is 6.07 Å². The highest BCUT2D eigenvalue weighted by Crippen LogP contribution is 2.35. The summed E-state index contributed by atoms with van der Waals surface area (Å²) >= 11 is 0. The molecule has 2 rings (SSSR count). The fourth-order valence-electron chi connectivity index (χ4n) is 1.84. The Kier molecular flexibility index (Phi) is 3.66. The van der Waals surface area contributed by atoms with E-state index in [4.69, 9.17) is 15.2 Å². The summed E-state index contributed by atoms with van der Waals surface area (Å²) in [6, 6.07) is 6.93. The van der Waals surface area contributed by atoms with Crippen LogP contribution in [-0.4, -0.2) is 25.1 Å². The van der Waals surface area contributed by atoms with E-state index in [0.29, 0.717) is 22.6 Å². The lowest BCUT2D eigenvalue weighted by Crippen LogP contribution is -2.13. The zero-order valence-electron chi connectivity index (χ0n) is 10.7. The van der Waals surface area contributed by atoms with E-state index in [-0.39, 0.29) is 0 Å². The van der Waals surface area contributed by atoms with Crippen LogP contribution in [0.3, 0.4) is 0 Å². The second-order valence-corrected chi connectivity index (χ2v) is 3.86. The number of carbonyl (C=O) groups is 1. The van der Waals surface area contributed by atoms with Gasteiger partial charge < -0.3 is 15.2 Å². The highest BCUT2D eigenvalue weighted by atomic mass is 16.5. The highest BCUT2D eigenvalue weighted by molar-refractivity contribution is 6.00. The van der Waals surface area contributed by atoms with Gasteiger partial charge in [-0.05, 0) is 23.8 Å². The van der Waals surface area contributed by atoms with E-state index in [2.05, 4.69) is 4.98 Å². The van der Waals surface area contributed by atoms with Crippen LogP contribution in [0.2, 0.25) is 0 Å². The predicted molar refractivity (Wildman–Crippen MR) is 71.3 cm³/mol. The molecule has 0 atom stereocenters. The van der Waals surface area contributed by atoms with Crippen LogP contribution >= 0.6 is 0 Å². The van der Waals surface area contributed by atoms with Gasteiger partial charge in [0.15, 0.2) is 11.5 Å². The fourth-order valence-corrected chi connectivity index (χ4v) is 1.84. The molecule has 1 heterocycles. The number of carbonyl (C=O) groups excluding carboxylic acids is 1. The van der Waals surface area contributed by atoms with Crippen LogP contribution in [0, 0.1) is 0 Å². The Hall–Kier alpha value is -2.56. The Morgan fingerprint density at radius 3 is 2.42 bits per heavy atom. The summed E-state index contributed by atoms with van der Waals surface area (Å²) in [7, 11) is 3.04. The largest absolute Gasteiger partial charge is 0.493 e. The van der Waals surface area contributed by atoms with Gasteiger partial charge in [0.1, 0.15) is 0 Å². The summed E-state index contributed by atoms with van der Waals surface area (Å²) in [4.78, 5) is 15.6. The maximum atomic E-state index is 11.6. The van der Waals surface area contributed by atoms with Crippen molar-refractivity contribution in [1.29, 1.82) is 0 Å². The minimum absolute atomic E-state index is 0.366. The minimum Gasteiger partial charge on any atom is -0.493 e. The number of amides is 1. The molecular weight excluding hydrogens is 244 g/mol. The molecule has 0 saturated carbocycles. The summed E-state index contributed by atoms with van der Waals surface area (Å²) in [5.74, 6) is 0.468. The van der Waals surface area contributed by atoms with E-state index in [0.717, 1.165) is 5.56 Å². The average molecular weight is 258 g/mol. The van der Waals surface area contributed by atoms with E-state index < -0.39 is 5.91 Å². The normalized spacial score (nSPS) is 10.0. The molecule has 1 amide bonds. The lowest BCUT2D eigenvalue weighted by Gasteiger charge is -2.13. The van der Waals surface area contributed by atoms with Gasteiger partial charge >= 0.3 is 0 Å². The number of rotatable bonds is 4. The Bertz CT molecular complexity index is 597. The molecule has 1 aromatic heterocycles. The molecule has 0 spiro atoms. The van der Waals surface area contributed by atoms with Gasteiger partial charge in [-0.3, -0.25) is 9.78 Å². The molecule has 19 heavy (non-hydrogen) atoms. The smallest absolute Gasteiger partial charge is 0.249 e. The van der Waals surface area contributed by atoms with Crippen LogP contribution < -0.4 is 15.2 Å². The van der Waals surface area contributed by atoms with Crippen LogP contribution in [0.1, 0.15) is 10.4 Å². The van der Waals surface area contributed by atoms with E-state index >= 15 is 0 Å². The summed E-state index contributed by atoms with van der Waals surface area (Å²) in [6.07, 6.45) is 3.32. The maximum Gasteiger partial charge on any atom is 0.249 e. The zero-order chi connectivity index (χ0) is 13.8. The summed E-state index contributed by atoms with van der Waals surface area (Å²) in [5, 5.41) is 0. The summed E-state index contributed by atoms with van der Waals surface area (Å²) < 4.78 is 10.4. The number of primary amides is 1. The van der Waals surface area contributed by atoms with Crippen LogP contribution in [-0.2, 0) is 0 Å². The van der Waals surface area contributed by atoms with Crippen LogP contribution in [0.5, 0.6) is 11.5 Å². The lowest BCUT2D eigenvalue weighted by atomic mass is 9.99. The van der Waals surface area contributed by atoms with Crippen molar-refractivity contribution < 1.29 is 14.3 Å². The summed E-state index contributed by atoms with van der Waals surface area (Å²) in [6.45, 7) is 0. The van der Waals surface area contributed by atoms with Gasteiger partial charge in [0.25, 0.3) is 0 Å². The molecule has 0 fully saturated rings. The quantitative estimate of drug-likeness (QED) is 0.908. The third-order valence-electron chi connectivity index (χ3n) is 2.76. The van der Waals surface area contributed by atoms with Gasteiger partial charge in [0.05, 0.1) is 19.8 Å². The number of hydrogen-bond acceptors (Lipinski definition) is 4. The van der Waals surface area contributed by atoms with Crippen molar-refractivity contribution in [1.82, 2.24) is 4.98 Å². The van der Waals surface area contributed by atoms with Gasteiger partial charge in [-0.15, -0.1) is 0 Å². The molecule has 98 valence electrons. The van der Waals surface area contributed by atoms with Crippen molar-refractivity contribution in [3.63, 3.8) is 0 Å². The first-order valence-corrected chi connectivity index (χ1v) is 5.63. The molecule has 0 aliphatic carbocycles. The lowest BCUT2D eigenvalue weighted by molar-refractivity contribution is 0.100. The molecule has 2 N–H and O–H groups in total. The Labute approximate surface area is 111 Å². The SMILES string of the molecule is COc1cc(C(N)=O)c(-c2cccnc2)cc1OC. The highest BCUT2D eigenvalue weighted by Gasteiger charge is 2.16. The van der Waals surface area contributed by atoms with E-state index in [1.54, 1.807) is 30.6 Å². The molecule has 5 nitrogen and oxygen atoms in total. The topological polar surface area (TPSA) is 74.4 Å². The predicted octanol–water partition coefficient (Wildman–Crippen LogP) is 1.86. The third-order valence-corrected chi connectivity index (χ3v) is 2.76. The standard InChI is InChI=1S/C14H14N2O3/c1-18-12-6-10(9-4-3-5-16-8-9)11(14(15)17)7-13(12)19-2/h3-8H,1-2H3,(H2,15,17). The molecule has 0 unspecified atom stereocenters. The number of ether oxygens (including phenoxy) is 2. The minimum atomic E-state index is -0.528. The number of nitrogens with zero attached hydrogens (tertiary/aromatic N) is 1. The average Bonchev–Trinajstić information content (AvgIpc) is 2.46. The molecule has 0 aliphatic heterocycles. The molecule has 2 aromatic rings. The molecule has 0 saturated heterocycles. The number of benzene rings is 1. The number of pyridine rings is 1. The van der Waals surface area contributed by atoms with Crippen molar-refractivity contribution in [3.8, 4) is 22.6 Å². The first kappa shape index (κ1) is 12.9. The van der Waals surface area contributed by atoms with Crippen molar-refractivity contribution in [2.45, 2.75) is 0 Å². The Balaban J connectivity index is 2.68. The molecule has 0 radical (unpaired) electrons. The first-order chi connectivity index (χ1) is 9.17. The molecule has 0 aliphatic rings. The van der Waals surface area contributed by atoms with Crippen LogP contribution in [0.15, 0.2) is 36.7 Å². The van der Waals surface area contributed by atoms with Gasteiger partial charge in [-0.2, -0.15) is 0 Å². The number of nitrogens with two attached hydrogens (primary N) is 1.